The number of hydrogen-bond donors (Lipinski definition) is 2. The highest BCUT2D eigenvalue weighted by Crippen LogP contribution is 1.98. The van der Waals surface area contributed by atoms with E-state index >= 15 is 0 Å². The third-order valence-electron chi connectivity index (χ3n) is 3.15. The van der Waals surface area contributed by atoms with Gasteiger partial charge in [0.05, 0.1) is 0 Å². The van der Waals surface area contributed by atoms with Crippen LogP contribution in [-0.4, -0.2) is 48.8 Å². The number of nitrogens with one attached hydrogen (secondary N) is 2. The normalized spacial score (nSPS) is 10.0. The van der Waals surface area contributed by atoms with Crippen molar-refractivity contribution in [2.45, 2.75) is 52.9 Å². The fraction of sp³-hybridized carbons (Fsp3) is 0.800. The maximum absolute atomic E-state index is 11.8. The molecular formula is C15H29N3O3. The summed E-state index contributed by atoms with van der Waals surface area (Å²) in [6.45, 7) is 7.92. The molecule has 0 spiro atoms. The Hall–Kier alpha value is -1.59. The standard InChI is InChI=1S/C15H29N3O3/c1-4-13(19)16-9-7-11-18(15(21)6-3)12-8-10-17-14(20)5-2/h4-12H2,1-3H3,(H,16,19)(H,17,20). The fourth-order valence-electron chi connectivity index (χ4n) is 1.83. The summed E-state index contributed by atoms with van der Waals surface area (Å²) >= 11 is 0. The predicted molar refractivity (Wildman–Crippen MR) is 82.7 cm³/mol. The summed E-state index contributed by atoms with van der Waals surface area (Å²) in [5.41, 5.74) is 0. The van der Waals surface area contributed by atoms with E-state index < -0.39 is 0 Å². The Bertz CT molecular complexity index is 308. The van der Waals surface area contributed by atoms with Crippen LogP contribution in [0.4, 0.5) is 0 Å². The quantitative estimate of drug-likeness (QED) is 0.560. The van der Waals surface area contributed by atoms with E-state index in [0.717, 1.165) is 12.8 Å². The van der Waals surface area contributed by atoms with E-state index in [1.165, 1.54) is 0 Å². The van der Waals surface area contributed by atoms with E-state index in [0.29, 0.717) is 45.4 Å². The molecule has 0 saturated carbocycles. The van der Waals surface area contributed by atoms with Crippen LogP contribution < -0.4 is 10.6 Å². The van der Waals surface area contributed by atoms with Gasteiger partial charge in [-0.2, -0.15) is 0 Å². The van der Waals surface area contributed by atoms with Gasteiger partial charge in [-0.05, 0) is 12.8 Å². The molecule has 0 aromatic carbocycles. The number of hydrogen-bond acceptors (Lipinski definition) is 3. The van der Waals surface area contributed by atoms with Gasteiger partial charge in [-0.1, -0.05) is 20.8 Å². The zero-order chi connectivity index (χ0) is 16.1. The Morgan fingerprint density at radius 3 is 1.52 bits per heavy atom. The molecule has 0 saturated heterocycles. The van der Waals surface area contributed by atoms with Crippen molar-refractivity contribution in [1.82, 2.24) is 15.5 Å². The number of rotatable bonds is 11. The van der Waals surface area contributed by atoms with Gasteiger partial charge in [0.1, 0.15) is 0 Å². The van der Waals surface area contributed by atoms with E-state index in [-0.39, 0.29) is 17.7 Å². The van der Waals surface area contributed by atoms with Crippen LogP contribution in [0.1, 0.15) is 52.9 Å². The lowest BCUT2D eigenvalue weighted by Crippen LogP contribution is -2.36. The van der Waals surface area contributed by atoms with Crippen LogP contribution >= 0.6 is 0 Å². The monoisotopic (exact) mass is 299 g/mol. The number of carbonyl (C=O) groups is 3. The summed E-state index contributed by atoms with van der Waals surface area (Å²) in [5.74, 6) is 0.176. The minimum atomic E-state index is 0.0330. The largest absolute Gasteiger partial charge is 0.356 e. The van der Waals surface area contributed by atoms with E-state index in [1.807, 2.05) is 20.8 Å². The first-order chi connectivity index (χ1) is 10.0. The molecule has 21 heavy (non-hydrogen) atoms. The van der Waals surface area contributed by atoms with Crippen molar-refractivity contribution in [2.75, 3.05) is 26.2 Å². The first-order valence-corrected chi connectivity index (χ1v) is 7.86. The smallest absolute Gasteiger partial charge is 0.222 e. The van der Waals surface area contributed by atoms with Gasteiger partial charge in [-0.3, -0.25) is 14.4 Å². The number of nitrogens with zero attached hydrogens (tertiary/aromatic N) is 1. The first kappa shape index (κ1) is 19.4. The SMILES string of the molecule is CCC(=O)NCCCN(CCCNC(=O)CC)C(=O)CC. The molecule has 6 heteroatoms. The zero-order valence-electron chi connectivity index (χ0n) is 13.5. The van der Waals surface area contributed by atoms with Crippen molar-refractivity contribution >= 4 is 17.7 Å². The fourth-order valence-corrected chi connectivity index (χ4v) is 1.83. The molecule has 0 rings (SSSR count). The van der Waals surface area contributed by atoms with Crippen molar-refractivity contribution in [3.63, 3.8) is 0 Å². The summed E-state index contributed by atoms with van der Waals surface area (Å²) in [4.78, 5) is 35.9. The van der Waals surface area contributed by atoms with E-state index in [2.05, 4.69) is 10.6 Å². The minimum Gasteiger partial charge on any atom is -0.356 e. The van der Waals surface area contributed by atoms with Crippen molar-refractivity contribution in [3.8, 4) is 0 Å². The van der Waals surface area contributed by atoms with Crippen molar-refractivity contribution in [1.29, 1.82) is 0 Å². The molecule has 0 aliphatic heterocycles. The Morgan fingerprint density at radius 2 is 1.19 bits per heavy atom. The van der Waals surface area contributed by atoms with E-state index in [9.17, 15) is 14.4 Å². The van der Waals surface area contributed by atoms with Crippen molar-refractivity contribution in [2.24, 2.45) is 0 Å². The molecule has 6 nitrogen and oxygen atoms in total. The lowest BCUT2D eigenvalue weighted by Gasteiger charge is -2.22. The molecule has 0 aliphatic rings. The lowest BCUT2D eigenvalue weighted by molar-refractivity contribution is -0.130. The van der Waals surface area contributed by atoms with Gasteiger partial charge in [-0.15, -0.1) is 0 Å². The third kappa shape index (κ3) is 9.87. The van der Waals surface area contributed by atoms with Crippen molar-refractivity contribution in [3.05, 3.63) is 0 Å². The van der Waals surface area contributed by atoms with E-state index in [4.69, 9.17) is 0 Å². The summed E-state index contributed by atoms with van der Waals surface area (Å²) < 4.78 is 0. The predicted octanol–water partition coefficient (Wildman–Crippen LogP) is 1.06. The van der Waals surface area contributed by atoms with Gasteiger partial charge < -0.3 is 15.5 Å². The summed E-state index contributed by atoms with van der Waals surface area (Å²) in [6, 6.07) is 0. The summed E-state index contributed by atoms with van der Waals surface area (Å²) in [5, 5.41) is 5.60. The molecule has 0 aromatic heterocycles. The highest BCUT2D eigenvalue weighted by atomic mass is 16.2. The maximum Gasteiger partial charge on any atom is 0.222 e. The van der Waals surface area contributed by atoms with Gasteiger partial charge >= 0.3 is 0 Å². The number of amides is 3. The molecule has 0 atom stereocenters. The molecular weight excluding hydrogens is 270 g/mol. The highest BCUT2D eigenvalue weighted by molar-refractivity contribution is 5.76. The second-order valence-electron chi connectivity index (χ2n) is 4.85. The second kappa shape index (κ2) is 12.2. The van der Waals surface area contributed by atoms with Crippen LogP contribution in [-0.2, 0) is 14.4 Å². The van der Waals surface area contributed by atoms with Crippen LogP contribution in [0.3, 0.4) is 0 Å². The topological polar surface area (TPSA) is 78.5 Å². The van der Waals surface area contributed by atoms with Gasteiger partial charge in [0.2, 0.25) is 17.7 Å². The van der Waals surface area contributed by atoms with Crippen molar-refractivity contribution < 1.29 is 14.4 Å². The van der Waals surface area contributed by atoms with Crippen LogP contribution in [0.15, 0.2) is 0 Å². The van der Waals surface area contributed by atoms with Crippen LogP contribution in [0.2, 0.25) is 0 Å². The third-order valence-corrected chi connectivity index (χ3v) is 3.15. The number of carbonyl (C=O) groups excluding carboxylic acids is 3. The molecule has 3 amide bonds. The first-order valence-electron chi connectivity index (χ1n) is 7.86. The molecule has 122 valence electrons. The Kier molecular flexibility index (Phi) is 11.3. The molecule has 0 unspecified atom stereocenters. The van der Waals surface area contributed by atoms with Gasteiger partial charge in [0, 0.05) is 45.4 Å². The van der Waals surface area contributed by atoms with Gasteiger partial charge in [0.25, 0.3) is 0 Å². The zero-order valence-corrected chi connectivity index (χ0v) is 13.5. The molecule has 0 heterocycles. The summed E-state index contributed by atoms with van der Waals surface area (Å²) in [6.07, 6.45) is 2.93. The Labute approximate surface area is 127 Å². The second-order valence-corrected chi connectivity index (χ2v) is 4.85. The van der Waals surface area contributed by atoms with Crippen LogP contribution in [0, 0.1) is 0 Å². The van der Waals surface area contributed by atoms with Crippen LogP contribution in [0.5, 0.6) is 0 Å². The van der Waals surface area contributed by atoms with Crippen LogP contribution in [0.25, 0.3) is 0 Å². The Balaban J connectivity index is 3.95. The molecule has 2 N–H and O–H groups in total. The Morgan fingerprint density at radius 1 is 0.762 bits per heavy atom. The molecule has 0 radical (unpaired) electrons. The highest BCUT2D eigenvalue weighted by Gasteiger charge is 2.10. The summed E-state index contributed by atoms with van der Waals surface area (Å²) in [7, 11) is 0. The maximum atomic E-state index is 11.8. The molecule has 0 aliphatic carbocycles. The average molecular weight is 299 g/mol. The van der Waals surface area contributed by atoms with E-state index in [1.54, 1.807) is 4.90 Å². The van der Waals surface area contributed by atoms with Gasteiger partial charge in [-0.25, -0.2) is 0 Å². The minimum absolute atomic E-state index is 0.0330. The molecule has 0 bridgehead atoms. The average Bonchev–Trinajstić information content (AvgIpc) is 2.51. The molecule has 0 fully saturated rings. The van der Waals surface area contributed by atoms with Gasteiger partial charge in [0.15, 0.2) is 0 Å². The molecule has 0 aromatic rings. The lowest BCUT2D eigenvalue weighted by atomic mass is 10.3.